The lowest BCUT2D eigenvalue weighted by Crippen LogP contribution is -2.13. The zero-order valence-electron chi connectivity index (χ0n) is 8.99. The molecule has 2 nitrogen and oxygen atoms in total. The minimum absolute atomic E-state index is 0.769. The van der Waals surface area contributed by atoms with Crippen molar-refractivity contribution in [2.75, 3.05) is 0 Å². The zero-order valence-corrected chi connectivity index (χ0v) is 8.99. The Bertz CT molecular complexity index is 488. The molecular weight excluding hydrogens is 186 g/mol. The summed E-state index contributed by atoms with van der Waals surface area (Å²) in [6, 6.07) is 8.14. The quantitative estimate of drug-likeness (QED) is 0.770. The number of hydrogen-bond acceptors (Lipinski definition) is 1. The summed E-state index contributed by atoms with van der Waals surface area (Å²) in [6.07, 6.45) is 5.66. The fraction of sp³-hybridized carbons (Fsp3) is 0.231. The summed E-state index contributed by atoms with van der Waals surface area (Å²) in [5.41, 5.74) is 1.44. The van der Waals surface area contributed by atoms with Gasteiger partial charge in [0.25, 0.3) is 0 Å². The van der Waals surface area contributed by atoms with Crippen LogP contribution in [0.5, 0.6) is 0 Å². The predicted molar refractivity (Wildman–Crippen MR) is 63.6 cm³/mol. The van der Waals surface area contributed by atoms with E-state index in [2.05, 4.69) is 11.1 Å². The number of aromatic nitrogens is 1. The van der Waals surface area contributed by atoms with Crippen LogP contribution < -0.4 is 0 Å². The second kappa shape index (κ2) is 3.55. The van der Waals surface area contributed by atoms with Gasteiger partial charge in [-0.2, -0.15) is 0 Å². The van der Waals surface area contributed by atoms with Crippen molar-refractivity contribution >= 4 is 17.0 Å². The van der Waals surface area contributed by atoms with Gasteiger partial charge in [-0.3, -0.25) is 0 Å². The van der Waals surface area contributed by atoms with Crippen molar-refractivity contribution in [3.63, 3.8) is 0 Å². The van der Waals surface area contributed by atoms with E-state index < -0.39 is 5.60 Å². The fourth-order valence-corrected chi connectivity index (χ4v) is 1.54. The number of rotatable bonds is 2. The molecule has 0 saturated heterocycles. The average Bonchev–Trinajstić information content (AvgIpc) is 2.61. The summed E-state index contributed by atoms with van der Waals surface area (Å²) < 4.78 is 0. The Hall–Kier alpha value is -1.54. The van der Waals surface area contributed by atoms with Gasteiger partial charge in [0.15, 0.2) is 0 Å². The topological polar surface area (TPSA) is 36.0 Å². The number of nitrogens with one attached hydrogen (secondary N) is 1. The molecule has 78 valence electrons. The molecule has 0 bridgehead atoms. The molecule has 0 unspecified atom stereocenters. The van der Waals surface area contributed by atoms with Crippen LogP contribution in [0.3, 0.4) is 0 Å². The van der Waals surface area contributed by atoms with Crippen LogP contribution in [0.25, 0.3) is 17.0 Å². The van der Waals surface area contributed by atoms with Gasteiger partial charge in [0.2, 0.25) is 0 Å². The molecule has 0 aliphatic rings. The molecule has 2 N–H and O–H groups in total. The van der Waals surface area contributed by atoms with Gasteiger partial charge in [-0.25, -0.2) is 0 Å². The zero-order chi connectivity index (χ0) is 10.9. The van der Waals surface area contributed by atoms with Crippen molar-refractivity contribution in [3.8, 4) is 0 Å². The highest BCUT2D eigenvalue weighted by Gasteiger charge is 2.06. The molecule has 1 heterocycles. The summed E-state index contributed by atoms with van der Waals surface area (Å²) in [4.78, 5) is 3.19. The van der Waals surface area contributed by atoms with Gasteiger partial charge in [-0.1, -0.05) is 30.4 Å². The lowest BCUT2D eigenvalue weighted by Gasteiger charge is -2.10. The molecule has 2 rings (SSSR count). The van der Waals surface area contributed by atoms with Gasteiger partial charge in [0, 0.05) is 6.20 Å². The van der Waals surface area contributed by atoms with Crippen LogP contribution in [0.2, 0.25) is 0 Å². The van der Waals surface area contributed by atoms with Crippen LogP contribution in [0, 0.1) is 0 Å². The monoisotopic (exact) mass is 201 g/mol. The first kappa shape index (κ1) is 9.99. The van der Waals surface area contributed by atoms with Gasteiger partial charge in [-0.15, -0.1) is 0 Å². The average molecular weight is 201 g/mol. The molecule has 2 heteroatoms. The van der Waals surface area contributed by atoms with E-state index in [1.807, 2.05) is 30.5 Å². The molecule has 1 aromatic heterocycles. The Morgan fingerprint density at radius 2 is 2.07 bits per heavy atom. The summed E-state index contributed by atoms with van der Waals surface area (Å²) in [7, 11) is 0. The first-order valence-electron chi connectivity index (χ1n) is 5.04. The summed E-state index contributed by atoms with van der Waals surface area (Å²) in [5, 5.41) is 10.8. The summed E-state index contributed by atoms with van der Waals surface area (Å²) in [5.74, 6) is 0. The predicted octanol–water partition coefficient (Wildman–Crippen LogP) is 2.95. The normalized spacial score (nSPS) is 12.7. The molecule has 0 aliphatic carbocycles. The Morgan fingerprint density at radius 3 is 2.80 bits per heavy atom. The van der Waals surface area contributed by atoms with E-state index in [1.165, 1.54) is 5.39 Å². The van der Waals surface area contributed by atoms with Gasteiger partial charge in [0.1, 0.15) is 0 Å². The Balaban J connectivity index is 2.44. The molecule has 2 aromatic rings. The third-order valence-electron chi connectivity index (χ3n) is 2.29. The number of H-pyrrole nitrogens is 1. The van der Waals surface area contributed by atoms with Crippen LogP contribution in [0.4, 0.5) is 0 Å². The van der Waals surface area contributed by atoms with Crippen molar-refractivity contribution in [2.24, 2.45) is 0 Å². The van der Waals surface area contributed by atoms with Crippen LogP contribution in [-0.2, 0) is 0 Å². The van der Waals surface area contributed by atoms with Crippen molar-refractivity contribution in [1.29, 1.82) is 0 Å². The van der Waals surface area contributed by atoms with Crippen LogP contribution in [-0.4, -0.2) is 15.7 Å². The molecule has 15 heavy (non-hydrogen) atoms. The van der Waals surface area contributed by atoms with Crippen LogP contribution in [0.1, 0.15) is 19.4 Å². The molecule has 0 aliphatic heterocycles. The molecule has 0 saturated carbocycles. The Morgan fingerprint density at radius 1 is 1.27 bits per heavy atom. The summed E-state index contributed by atoms with van der Waals surface area (Å²) >= 11 is 0. The highest BCUT2D eigenvalue weighted by molar-refractivity contribution is 5.87. The maximum Gasteiger partial charge on any atom is 0.0774 e. The van der Waals surface area contributed by atoms with E-state index in [0.717, 1.165) is 11.1 Å². The number of aliphatic hydroxyl groups is 1. The largest absolute Gasteiger partial charge is 0.386 e. The SMILES string of the molecule is CC(C)(O)C=Cc1cccc2cc[nH]c12. The van der Waals surface area contributed by atoms with Crippen molar-refractivity contribution in [3.05, 3.63) is 42.1 Å². The first-order chi connectivity index (χ1) is 7.06. The molecule has 0 fully saturated rings. The molecule has 0 radical (unpaired) electrons. The fourth-order valence-electron chi connectivity index (χ4n) is 1.54. The molecule has 1 aromatic carbocycles. The van der Waals surface area contributed by atoms with Crippen molar-refractivity contribution in [1.82, 2.24) is 4.98 Å². The second-order valence-electron chi connectivity index (χ2n) is 4.28. The standard InChI is InChI=1S/C13H15NO/c1-13(2,15)8-6-10-4-3-5-11-7-9-14-12(10)11/h3-9,14-15H,1-2H3. The number of hydrogen-bond donors (Lipinski definition) is 2. The Labute approximate surface area is 89.3 Å². The van der Waals surface area contributed by atoms with E-state index in [9.17, 15) is 5.11 Å². The molecule has 0 amide bonds. The van der Waals surface area contributed by atoms with Gasteiger partial charge >= 0.3 is 0 Å². The number of para-hydroxylation sites is 1. The lowest BCUT2D eigenvalue weighted by molar-refractivity contribution is 0.134. The highest BCUT2D eigenvalue weighted by atomic mass is 16.3. The third kappa shape index (κ3) is 2.28. The Kier molecular flexibility index (Phi) is 2.37. The van der Waals surface area contributed by atoms with Gasteiger partial charge in [-0.05, 0) is 30.9 Å². The van der Waals surface area contributed by atoms with Gasteiger partial charge < -0.3 is 10.1 Å². The van der Waals surface area contributed by atoms with E-state index in [4.69, 9.17) is 0 Å². The number of aromatic amines is 1. The number of fused-ring (bicyclic) bond motifs is 1. The van der Waals surface area contributed by atoms with Crippen molar-refractivity contribution < 1.29 is 5.11 Å². The van der Waals surface area contributed by atoms with E-state index in [0.29, 0.717) is 0 Å². The minimum Gasteiger partial charge on any atom is -0.386 e. The summed E-state index contributed by atoms with van der Waals surface area (Å²) in [6.45, 7) is 3.52. The first-order valence-corrected chi connectivity index (χ1v) is 5.04. The maximum absolute atomic E-state index is 9.60. The molecule has 0 atom stereocenters. The highest BCUT2D eigenvalue weighted by Crippen LogP contribution is 2.19. The maximum atomic E-state index is 9.60. The lowest BCUT2D eigenvalue weighted by atomic mass is 10.1. The number of benzene rings is 1. The van der Waals surface area contributed by atoms with E-state index in [-0.39, 0.29) is 0 Å². The minimum atomic E-state index is -0.769. The van der Waals surface area contributed by atoms with E-state index in [1.54, 1.807) is 19.9 Å². The van der Waals surface area contributed by atoms with Crippen molar-refractivity contribution in [2.45, 2.75) is 19.4 Å². The third-order valence-corrected chi connectivity index (χ3v) is 2.29. The molecule has 0 spiro atoms. The van der Waals surface area contributed by atoms with Crippen LogP contribution in [0.15, 0.2) is 36.5 Å². The van der Waals surface area contributed by atoms with Crippen LogP contribution >= 0.6 is 0 Å². The van der Waals surface area contributed by atoms with E-state index >= 15 is 0 Å². The second-order valence-corrected chi connectivity index (χ2v) is 4.28. The molecular formula is C13H15NO. The smallest absolute Gasteiger partial charge is 0.0774 e. The van der Waals surface area contributed by atoms with Gasteiger partial charge in [0.05, 0.1) is 11.1 Å².